The predicted molar refractivity (Wildman–Crippen MR) is 103 cm³/mol. The van der Waals surface area contributed by atoms with Gasteiger partial charge in [0.05, 0.1) is 5.52 Å². The summed E-state index contributed by atoms with van der Waals surface area (Å²) in [5.41, 5.74) is 4.96. The zero-order valence-electron chi connectivity index (χ0n) is 14.9. The van der Waals surface area contributed by atoms with Crippen molar-refractivity contribution in [1.82, 2.24) is 14.9 Å². The van der Waals surface area contributed by atoms with Crippen LogP contribution in [-0.2, 0) is 0 Å². The molecule has 0 amide bonds. The molecule has 128 valence electrons. The van der Waals surface area contributed by atoms with Gasteiger partial charge in [0, 0.05) is 61.9 Å². The number of para-hydroxylation sites is 1. The van der Waals surface area contributed by atoms with Gasteiger partial charge < -0.3 is 4.90 Å². The molecule has 1 saturated heterocycles. The molecule has 1 atom stereocenters. The molecule has 3 heterocycles. The number of aryl methyl sites for hydroxylation is 1. The molecule has 1 aliphatic rings. The van der Waals surface area contributed by atoms with Crippen molar-refractivity contribution in [2.45, 2.75) is 19.9 Å². The average Bonchev–Trinajstić information content (AvgIpc) is 2.68. The van der Waals surface area contributed by atoms with Crippen LogP contribution in [0.5, 0.6) is 0 Å². The second-order valence-electron chi connectivity index (χ2n) is 6.79. The van der Waals surface area contributed by atoms with E-state index in [2.05, 4.69) is 63.9 Å². The number of benzene rings is 1. The first-order valence-electron chi connectivity index (χ1n) is 8.97. The van der Waals surface area contributed by atoms with Crippen LogP contribution in [0.15, 0.2) is 55.0 Å². The van der Waals surface area contributed by atoms with Gasteiger partial charge in [0.2, 0.25) is 0 Å². The van der Waals surface area contributed by atoms with E-state index in [9.17, 15) is 0 Å². The zero-order chi connectivity index (χ0) is 17.2. The molecule has 0 N–H and O–H groups in total. The van der Waals surface area contributed by atoms with Gasteiger partial charge in [-0.25, -0.2) is 0 Å². The quantitative estimate of drug-likeness (QED) is 0.730. The molecule has 0 spiro atoms. The Labute approximate surface area is 149 Å². The van der Waals surface area contributed by atoms with Crippen molar-refractivity contribution >= 4 is 16.6 Å². The van der Waals surface area contributed by atoms with Gasteiger partial charge in [-0.3, -0.25) is 14.9 Å². The minimum Gasteiger partial charge on any atom is -0.368 e. The van der Waals surface area contributed by atoms with E-state index in [4.69, 9.17) is 0 Å². The maximum absolute atomic E-state index is 4.58. The number of anilines is 1. The lowest BCUT2D eigenvalue weighted by Crippen LogP contribution is -2.47. The number of hydrogen-bond donors (Lipinski definition) is 0. The minimum atomic E-state index is 0.410. The van der Waals surface area contributed by atoms with Crippen molar-refractivity contribution in [3.63, 3.8) is 0 Å². The Kier molecular flexibility index (Phi) is 4.36. The first kappa shape index (κ1) is 16.0. The van der Waals surface area contributed by atoms with E-state index in [1.807, 2.05) is 24.7 Å². The van der Waals surface area contributed by atoms with Crippen molar-refractivity contribution in [1.29, 1.82) is 0 Å². The number of piperazine rings is 1. The summed E-state index contributed by atoms with van der Waals surface area (Å²) in [5.74, 6) is 0. The fourth-order valence-electron chi connectivity index (χ4n) is 3.77. The first-order chi connectivity index (χ1) is 12.2. The molecule has 3 aromatic rings. The predicted octanol–water partition coefficient (Wildman–Crippen LogP) is 3.82. The normalized spacial score (nSPS) is 17.0. The van der Waals surface area contributed by atoms with Crippen molar-refractivity contribution < 1.29 is 0 Å². The number of fused-ring (bicyclic) bond motifs is 1. The number of aromatic nitrogens is 2. The summed E-state index contributed by atoms with van der Waals surface area (Å²) in [7, 11) is 0. The van der Waals surface area contributed by atoms with E-state index in [0.717, 1.165) is 31.7 Å². The lowest BCUT2D eigenvalue weighted by Gasteiger charge is -2.39. The third-order valence-electron chi connectivity index (χ3n) is 5.32. The molecule has 4 rings (SSSR count). The van der Waals surface area contributed by atoms with E-state index in [-0.39, 0.29) is 0 Å². The van der Waals surface area contributed by atoms with Crippen molar-refractivity contribution in [3.05, 3.63) is 66.1 Å². The molecule has 1 unspecified atom stereocenters. The van der Waals surface area contributed by atoms with Crippen LogP contribution in [0, 0.1) is 6.92 Å². The number of rotatable bonds is 3. The first-order valence-corrected chi connectivity index (χ1v) is 8.97. The molecule has 0 bridgehead atoms. The van der Waals surface area contributed by atoms with Crippen LogP contribution in [0.2, 0.25) is 0 Å². The molecule has 1 fully saturated rings. The maximum Gasteiger partial charge on any atom is 0.0751 e. The van der Waals surface area contributed by atoms with E-state index >= 15 is 0 Å². The van der Waals surface area contributed by atoms with E-state index in [1.54, 1.807) is 0 Å². The minimum absolute atomic E-state index is 0.410. The lowest BCUT2D eigenvalue weighted by molar-refractivity contribution is 0.198. The van der Waals surface area contributed by atoms with Gasteiger partial charge in [-0.1, -0.05) is 24.3 Å². The Balaban J connectivity index is 1.52. The van der Waals surface area contributed by atoms with Crippen molar-refractivity contribution in [3.8, 4) is 0 Å². The van der Waals surface area contributed by atoms with Gasteiger partial charge in [-0.15, -0.1) is 0 Å². The highest BCUT2D eigenvalue weighted by molar-refractivity contribution is 5.93. The Morgan fingerprint density at radius 3 is 2.56 bits per heavy atom. The smallest absolute Gasteiger partial charge is 0.0751 e. The zero-order valence-corrected chi connectivity index (χ0v) is 14.9. The van der Waals surface area contributed by atoms with Crippen LogP contribution in [0.3, 0.4) is 0 Å². The Morgan fingerprint density at radius 2 is 1.80 bits per heavy atom. The van der Waals surface area contributed by atoms with Gasteiger partial charge in [-0.05, 0) is 37.1 Å². The van der Waals surface area contributed by atoms with Gasteiger partial charge in [0.15, 0.2) is 0 Å². The van der Waals surface area contributed by atoms with Crippen LogP contribution in [0.4, 0.5) is 5.69 Å². The fraction of sp³-hybridized carbons (Fsp3) is 0.333. The molecule has 4 nitrogen and oxygen atoms in total. The maximum atomic E-state index is 4.58. The summed E-state index contributed by atoms with van der Waals surface area (Å²) in [6.07, 6.45) is 5.76. The highest BCUT2D eigenvalue weighted by Crippen LogP contribution is 2.29. The molecule has 0 radical (unpaired) electrons. The Hall–Kier alpha value is -2.46. The summed E-state index contributed by atoms with van der Waals surface area (Å²) in [6.45, 7) is 8.61. The van der Waals surface area contributed by atoms with Crippen LogP contribution < -0.4 is 4.90 Å². The number of pyridine rings is 2. The highest BCUT2D eigenvalue weighted by atomic mass is 15.3. The van der Waals surface area contributed by atoms with E-state index in [1.165, 1.54) is 22.2 Å². The second kappa shape index (κ2) is 6.81. The van der Waals surface area contributed by atoms with Crippen LogP contribution >= 0.6 is 0 Å². The average molecular weight is 332 g/mol. The van der Waals surface area contributed by atoms with E-state index in [0.29, 0.717) is 6.04 Å². The van der Waals surface area contributed by atoms with Gasteiger partial charge >= 0.3 is 0 Å². The van der Waals surface area contributed by atoms with Gasteiger partial charge in [0.1, 0.15) is 0 Å². The van der Waals surface area contributed by atoms with Crippen molar-refractivity contribution in [2.24, 2.45) is 0 Å². The molecule has 25 heavy (non-hydrogen) atoms. The number of hydrogen-bond acceptors (Lipinski definition) is 4. The second-order valence-corrected chi connectivity index (χ2v) is 6.79. The van der Waals surface area contributed by atoms with Crippen LogP contribution in [0.25, 0.3) is 10.9 Å². The monoisotopic (exact) mass is 332 g/mol. The summed E-state index contributed by atoms with van der Waals surface area (Å²) >= 11 is 0. The Bertz CT molecular complexity index is 854. The lowest BCUT2D eigenvalue weighted by atomic mass is 10.1. The third kappa shape index (κ3) is 3.10. The molecule has 4 heteroatoms. The molecule has 0 saturated carbocycles. The molecule has 2 aromatic heterocycles. The molecule has 1 aromatic carbocycles. The highest BCUT2D eigenvalue weighted by Gasteiger charge is 2.23. The van der Waals surface area contributed by atoms with E-state index < -0.39 is 0 Å². The van der Waals surface area contributed by atoms with Crippen LogP contribution in [0.1, 0.15) is 24.1 Å². The van der Waals surface area contributed by atoms with Crippen molar-refractivity contribution in [2.75, 3.05) is 31.1 Å². The summed E-state index contributed by atoms with van der Waals surface area (Å²) in [4.78, 5) is 13.9. The SMILES string of the molecule is Cc1cccc2c(N3CCN(C(C)c4cccnc4)CC3)ccnc12. The summed E-state index contributed by atoms with van der Waals surface area (Å²) in [5, 5.41) is 1.26. The van der Waals surface area contributed by atoms with Crippen LogP contribution in [-0.4, -0.2) is 41.0 Å². The fourth-order valence-corrected chi connectivity index (χ4v) is 3.77. The standard InChI is InChI=1S/C21H24N4/c1-16-5-3-7-19-20(8-10-23-21(16)19)25-13-11-24(12-14-25)17(2)18-6-4-9-22-15-18/h3-10,15,17H,11-14H2,1-2H3. The summed E-state index contributed by atoms with van der Waals surface area (Å²) < 4.78 is 0. The topological polar surface area (TPSA) is 32.3 Å². The molecular weight excluding hydrogens is 308 g/mol. The molecule has 1 aliphatic heterocycles. The molecular formula is C21H24N4. The van der Waals surface area contributed by atoms with Gasteiger partial charge in [0.25, 0.3) is 0 Å². The largest absolute Gasteiger partial charge is 0.368 e. The summed E-state index contributed by atoms with van der Waals surface area (Å²) in [6, 6.07) is 13.2. The molecule has 0 aliphatic carbocycles. The number of nitrogens with zero attached hydrogens (tertiary/aromatic N) is 4. The van der Waals surface area contributed by atoms with Gasteiger partial charge in [-0.2, -0.15) is 0 Å². The Morgan fingerprint density at radius 1 is 0.960 bits per heavy atom. The third-order valence-corrected chi connectivity index (χ3v) is 5.32.